The lowest BCUT2D eigenvalue weighted by Gasteiger charge is -2.15. The second-order valence-corrected chi connectivity index (χ2v) is 6.62. The van der Waals surface area contributed by atoms with E-state index in [-0.39, 0.29) is 30.2 Å². The Bertz CT molecular complexity index is 406. The molecule has 1 amide bonds. The zero-order valence-corrected chi connectivity index (χ0v) is 14.7. The van der Waals surface area contributed by atoms with Crippen LogP contribution in [0.1, 0.15) is 6.92 Å². The van der Waals surface area contributed by atoms with Crippen molar-refractivity contribution >= 4 is 46.0 Å². The fourth-order valence-corrected chi connectivity index (χ4v) is 2.61. The van der Waals surface area contributed by atoms with Crippen molar-refractivity contribution in [2.24, 2.45) is 5.73 Å². The lowest BCUT2D eigenvalue weighted by atomic mass is 10.3. The lowest BCUT2D eigenvalue weighted by molar-refractivity contribution is -0.123. The number of hydrogen-bond acceptors (Lipinski definition) is 4. The Hall–Kier alpha value is -0.270. The van der Waals surface area contributed by atoms with Gasteiger partial charge in [0.15, 0.2) is 0 Å². The molecule has 114 valence electrons. The number of carbonyl (C=O) groups is 1. The molecule has 0 bridgehead atoms. The number of rotatable bonds is 7. The van der Waals surface area contributed by atoms with Gasteiger partial charge in [0, 0.05) is 28.3 Å². The van der Waals surface area contributed by atoms with Gasteiger partial charge in [0.05, 0.1) is 6.61 Å². The molecule has 1 rings (SSSR count). The number of thioether (sulfide) groups is 1. The molecule has 0 saturated carbocycles. The van der Waals surface area contributed by atoms with Crippen molar-refractivity contribution in [3.63, 3.8) is 0 Å². The molecule has 4 nitrogen and oxygen atoms in total. The molecule has 7 heteroatoms. The van der Waals surface area contributed by atoms with Gasteiger partial charge in [-0.2, -0.15) is 0 Å². The van der Waals surface area contributed by atoms with E-state index in [0.717, 1.165) is 4.47 Å². The van der Waals surface area contributed by atoms with Crippen molar-refractivity contribution in [3.05, 3.63) is 28.7 Å². The van der Waals surface area contributed by atoms with Crippen molar-refractivity contribution in [2.75, 3.05) is 20.3 Å². The summed E-state index contributed by atoms with van der Waals surface area (Å²) in [6.07, 6.45) is 0. The third-order valence-electron chi connectivity index (χ3n) is 2.40. The molecule has 3 N–H and O–H groups in total. The van der Waals surface area contributed by atoms with Crippen LogP contribution in [0.15, 0.2) is 33.6 Å². The van der Waals surface area contributed by atoms with Gasteiger partial charge in [0.25, 0.3) is 0 Å². The molecule has 0 fully saturated rings. The fraction of sp³-hybridized carbons (Fsp3) is 0.462. The summed E-state index contributed by atoms with van der Waals surface area (Å²) in [4.78, 5) is 12.8. The molecule has 2 unspecified atom stereocenters. The SMILES string of the molecule is COCC(N)C(=O)NCC(C)Sc1ccc(Br)cc1.Cl. The minimum absolute atomic E-state index is 0. The largest absolute Gasteiger partial charge is 0.383 e. The first kappa shape index (κ1) is 19.7. The standard InChI is InChI=1S/C13H19BrN2O2S.ClH/c1-9(7-16-13(17)12(15)8-18-2)19-11-5-3-10(14)4-6-11;/h3-6,9,12H,7-8,15H2,1-2H3,(H,16,17);1H. The molecular weight excluding hydrogens is 364 g/mol. The minimum Gasteiger partial charge on any atom is -0.383 e. The van der Waals surface area contributed by atoms with Crippen molar-refractivity contribution in [1.82, 2.24) is 5.32 Å². The molecular formula is C13H20BrClN2O2S. The van der Waals surface area contributed by atoms with Crippen molar-refractivity contribution in [1.29, 1.82) is 0 Å². The van der Waals surface area contributed by atoms with Crippen LogP contribution in [0, 0.1) is 0 Å². The lowest BCUT2D eigenvalue weighted by Crippen LogP contribution is -2.45. The van der Waals surface area contributed by atoms with Crippen LogP contribution in [0.4, 0.5) is 0 Å². The molecule has 2 atom stereocenters. The molecule has 0 heterocycles. The summed E-state index contributed by atoms with van der Waals surface area (Å²) in [6, 6.07) is 7.49. The summed E-state index contributed by atoms with van der Waals surface area (Å²) in [5, 5.41) is 3.10. The molecule has 0 aliphatic rings. The summed E-state index contributed by atoms with van der Waals surface area (Å²) in [5.74, 6) is -0.176. The zero-order valence-electron chi connectivity index (χ0n) is 11.5. The number of nitrogens with one attached hydrogen (secondary N) is 1. The van der Waals surface area contributed by atoms with Crippen LogP contribution in [0.3, 0.4) is 0 Å². The predicted octanol–water partition coefficient (Wildman–Crippen LogP) is 2.44. The Morgan fingerprint density at radius 1 is 1.45 bits per heavy atom. The molecule has 0 spiro atoms. The molecule has 20 heavy (non-hydrogen) atoms. The van der Waals surface area contributed by atoms with Crippen LogP contribution >= 0.6 is 40.1 Å². The summed E-state index contributed by atoms with van der Waals surface area (Å²) in [7, 11) is 1.53. The number of nitrogens with two attached hydrogens (primary N) is 1. The maximum absolute atomic E-state index is 11.6. The minimum atomic E-state index is -0.602. The smallest absolute Gasteiger partial charge is 0.239 e. The van der Waals surface area contributed by atoms with Crippen LogP contribution in [0.2, 0.25) is 0 Å². The average Bonchev–Trinajstić information content (AvgIpc) is 2.39. The number of methoxy groups -OCH3 is 1. The molecule has 0 saturated heterocycles. The number of ether oxygens (including phenoxy) is 1. The van der Waals surface area contributed by atoms with Crippen LogP contribution in [0.25, 0.3) is 0 Å². The number of hydrogen-bond donors (Lipinski definition) is 2. The highest BCUT2D eigenvalue weighted by molar-refractivity contribution is 9.10. The predicted molar refractivity (Wildman–Crippen MR) is 89.6 cm³/mol. The van der Waals surface area contributed by atoms with Gasteiger partial charge in [0.2, 0.25) is 5.91 Å². The third kappa shape index (κ3) is 7.50. The van der Waals surface area contributed by atoms with Gasteiger partial charge in [-0.3, -0.25) is 4.79 Å². The highest BCUT2D eigenvalue weighted by atomic mass is 79.9. The van der Waals surface area contributed by atoms with E-state index in [9.17, 15) is 4.79 Å². The van der Waals surface area contributed by atoms with Gasteiger partial charge < -0.3 is 15.8 Å². The van der Waals surface area contributed by atoms with Crippen molar-refractivity contribution < 1.29 is 9.53 Å². The van der Waals surface area contributed by atoms with Gasteiger partial charge in [-0.1, -0.05) is 22.9 Å². The quantitative estimate of drug-likeness (QED) is 0.710. The van der Waals surface area contributed by atoms with E-state index in [1.54, 1.807) is 11.8 Å². The summed E-state index contributed by atoms with van der Waals surface area (Å²) in [5.41, 5.74) is 5.63. The van der Waals surface area contributed by atoms with E-state index in [2.05, 4.69) is 28.2 Å². The number of benzene rings is 1. The van der Waals surface area contributed by atoms with E-state index < -0.39 is 6.04 Å². The second kappa shape index (κ2) is 10.5. The monoisotopic (exact) mass is 382 g/mol. The maximum Gasteiger partial charge on any atom is 0.239 e. The number of halogens is 2. The fourth-order valence-electron chi connectivity index (χ4n) is 1.42. The van der Waals surface area contributed by atoms with Gasteiger partial charge in [-0.05, 0) is 24.3 Å². The van der Waals surface area contributed by atoms with Gasteiger partial charge in [-0.15, -0.1) is 24.2 Å². The Balaban J connectivity index is 0.00000361. The zero-order chi connectivity index (χ0) is 14.3. The van der Waals surface area contributed by atoms with E-state index in [1.807, 2.05) is 24.3 Å². The van der Waals surface area contributed by atoms with E-state index in [1.165, 1.54) is 12.0 Å². The van der Waals surface area contributed by atoms with Crippen LogP contribution < -0.4 is 11.1 Å². The maximum atomic E-state index is 11.6. The molecule has 0 aromatic heterocycles. The first-order valence-corrected chi connectivity index (χ1v) is 7.64. The van der Waals surface area contributed by atoms with E-state index in [4.69, 9.17) is 10.5 Å². The van der Waals surface area contributed by atoms with Crippen LogP contribution in [-0.2, 0) is 9.53 Å². The van der Waals surface area contributed by atoms with E-state index in [0.29, 0.717) is 6.54 Å². The Morgan fingerprint density at radius 3 is 2.60 bits per heavy atom. The average molecular weight is 384 g/mol. The second-order valence-electron chi connectivity index (χ2n) is 4.19. The molecule has 1 aromatic carbocycles. The molecule has 0 aliphatic carbocycles. The summed E-state index contributed by atoms with van der Waals surface area (Å²) in [6.45, 7) is 2.88. The molecule has 0 aliphatic heterocycles. The van der Waals surface area contributed by atoms with Crippen molar-refractivity contribution in [3.8, 4) is 0 Å². The van der Waals surface area contributed by atoms with Crippen molar-refractivity contribution in [2.45, 2.75) is 23.1 Å². The van der Waals surface area contributed by atoms with Gasteiger partial charge >= 0.3 is 0 Å². The first-order chi connectivity index (χ1) is 9.02. The Kier molecular flexibility index (Phi) is 10.3. The molecule has 1 aromatic rings. The van der Waals surface area contributed by atoms with Gasteiger partial charge in [-0.25, -0.2) is 0 Å². The Morgan fingerprint density at radius 2 is 2.05 bits per heavy atom. The molecule has 0 radical (unpaired) electrons. The Labute approximate surface area is 138 Å². The topological polar surface area (TPSA) is 64.3 Å². The van der Waals surface area contributed by atoms with Crippen LogP contribution in [-0.4, -0.2) is 37.5 Å². The third-order valence-corrected chi connectivity index (χ3v) is 4.04. The van der Waals surface area contributed by atoms with Crippen LogP contribution in [0.5, 0.6) is 0 Å². The first-order valence-electron chi connectivity index (χ1n) is 5.97. The highest BCUT2D eigenvalue weighted by Gasteiger charge is 2.14. The number of amides is 1. The van der Waals surface area contributed by atoms with Gasteiger partial charge in [0.1, 0.15) is 6.04 Å². The normalized spacial score (nSPS) is 13.2. The number of carbonyl (C=O) groups excluding carboxylic acids is 1. The van der Waals surface area contributed by atoms with E-state index >= 15 is 0 Å². The highest BCUT2D eigenvalue weighted by Crippen LogP contribution is 2.24. The summed E-state index contributed by atoms with van der Waals surface area (Å²) < 4.78 is 5.90. The summed E-state index contributed by atoms with van der Waals surface area (Å²) >= 11 is 5.11.